The molecule has 0 aromatic heterocycles. The first kappa shape index (κ1) is 33.8. The molecule has 8 nitrogen and oxygen atoms in total. The fourth-order valence-electron chi connectivity index (χ4n) is 4.46. The van der Waals surface area contributed by atoms with Gasteiger partial charge in [-0.25, -0.2) is 18.0 Å². The number of hydrogen-bond acceptors (Lipinski definition) is 8. The molecule has 3 rings (SSSR count). The van der Waals surface area contributed by atoms with Crippen molar-refractivity contribution in [2.24, 2.45) is 0 Å². The summed E-state index contributed by atoms with van der Waals surface area (Å²) < 4.78 is 35.6. The summed E-state index contributed by atoms with van der Waals surface area (Å²) in [6, 6.07) is 23.7. The number of unbranched alkanes of at least 4 members (excludes halogenated alkanes) is 1. The Balaban J connectivity index is 1.53. The number of esters is 2. The van der Waals surface area contributed by atoms with Gasteiger partial charge < -0.3 is 14.4 Å². The third-order valence-electron chi connectivity index (χ3n) is 6.91. The normalized spacial score (nSPS) is 11.5. The van der Waals surface area contributed by atoms with E-state index in [-0.39, 0.29) is 24.8 Å². The number of hydrogen-bond donors (Lipinski definition) is 0. The van der Waals surface area contributed by atoms with E-state index in [1.807, 2.05) is 49.4 Å². The molecule has 0 aliphatic rings. The van der Waals surface area contributed by atoms with E-state index in [4.69, 9.17) is 9.47 Å². The molecule has 0 amide bonds. The number of ether oxygens (including phenoxy) is 2. The van der Waals surface area contributed by atoms with E-state index in [9.17, 15) is 23.3 Å². The molecule has 0 bridgehead atoms. The third kappa shape index (κ3) is 9.68. The van der Waals surface area contributed by atoms with Crippen LogP contribution in [-0.2, 0) is 35.3 Å². The number of carbonyl (C=O) groups excluding carboxylic acids is 2. The summed E-state index contributed by atoms with van der Waals surface area (Å²) in [5.74, 6) is -1.41. The van der Waals surface area contributed by atoms with Crippen molar-refractivity contribution >= 4 is 33.5 Å². The van der Waals surface area contributed by atoms with Crippen LogP contribution in [0.4, 0.5) is 5.69 Å². The second kappa shape index (κ2) is 16.2. The number of carbonyl (C=O) groups is 2. The minimum absolute atomic E-state index is 0.125. The van der Waals surface area contributed by atoms with Crippen LogP contribution in [0.1, 0.15) is 43.4 Å². The molecule has 3 aromatic rings. The van der Waals surface area contributed by atoms with Gasteiger partial charge in [0.1, 0.15) is 24.9 Å². The van der Waals surface area contributed by atoms with Crippen molar-refractivity contribution in [1.29, 1.82) is 5.26 Å². The Labute approximate surface area is 260 Å². The lowest BCUT2D eigenvalue weighted by Gasteiger charge is -2.29. The molecule has 0 N–H and O–H groups in total. The first-order valence-electron chi connectivity index (χ1n) is 14.4. The number of benzene rings is 3. The van der Waals surface area contributed by atoms with Crippen LogP contribution < -0.4 is 4.90 Å². The minimum Gasteiger partial charge on any atom is -0.459 e. The van der Waals surface area contributed by atoms with Gasteiger partial charge >= 0.3 is 11.9 Å². The van der Waals surface area contributed by atoms with Crippen molar-refractivity contribution in [3.63, 3.8) is 0 Å². The quantitative estimate of drug-likeness (QED) is 0.0855. The number of sulfone groups is 1. The monoisotopic (exact) mass is 614 g/mol. The zero-order valence-corrected chi connectivity index (χ0v) is 26.2. The second-order valence-electron chi connectivity index (χ2n) is 10.5. The highest BCUT2D eigenvalue weighted by Crippen LogP contribution is 2.23. The van der Waals surface area contributed by atoms with Crippen molar-refractivity contribution in [2.45, 2.75) is 55.9 Å². The van der Waals surface area contributed by atoms with Crippen LogP contribution in [0.25, 0.3) is 6.08 Å². The van der Waals surface area contributed by atoms with E-state index in [0.717, 1.165) is 48.7 Å². The van der Waals surface area contributed by atoms with E-state index in [0.29, 0.717) is 15.4 Å². The van der Waals surface area contributed by atoms with Crippen LogP contribution in [0.2, 0.25) is 0 Å². The molecule has 0 atom stereocenters. The van der Waals surface area contributed by atoms with E-state index in [1.54, 1.807) is 36.4 Å². The first-order valence-corrected chi connectivity index (χ1v) is 15.9. The summed E-state index contributed by atoms with van der Waals surface area (Å²) in [4.78, 5) is 26.2. The molecule has 0 fully saturated rings. The van der Waals surface area contributed by atoms with Gasteiger partial charge in [0.2, 0.25) is 9.84 Å². The van der Waals surface area contributed by atoms with E-state index >= 15 is 0 Å². The molecule has 0 saturated heterocycles. The summed E-state index contributed by atoms with van der Waals surface area (Å²) in [5, 5.41) is 9.41. The SMILES string of the molecule is C=CC(=O)OCCOC(=O)C(C#N)=Cc1ccc(N(CCCCc2ccc(S(=O)(=O)c3ccc(C)cc3)cc2)C(C)C)cc1. The number of anilines is 1. The zero-order chi connectivity index (χ0) is 32.1. The van der Waals surface area contributed by atoms with Crippen molar-refractivity contribution in [3.8, 4) is 6.07 Å². The largest absolute Gasteiger partial charge is 0.459 e. The van der Waals surface area contributed by atoms with Gasteiger partial charge in [-0.3, -0.25) is 0 Å². The summed E-state index contributed by atoms with van der Waals surface area (Å²) in [6.45, 7) is 9.99. The lowest BCUT2D eigenvalue weighted by atomic mass is 10.1. The molecule has 0 saturated carbocycles. The second-order valence-corrected chi connectivity index (χ2v) is 12.4. The van der Waals surface area contributed by atoms with Gasteiger partial charge in [0.05, 0.1) is 9.79 Å². The average Bonchev–Trinajstić information content (AvgIpc) is 3.02. The predicted octanol–water partition coefficient (Wildman–Crippen LogP) is 6.24. The van der Waals surface area contributed by atoms with Gasteiger partial charge in [-0.1, -0.05) is 48.5 Å². The van der Waals surface area contributed by atoms with Gasteiger partial charge in [-0.2, -0.15) is 5.26 Å². The molecule has 9 heteroatoms. The smallest absolute Gasteiger partial charge is 0.349 e. The number of nitrogens with zero attached hydrogens (tertiary/aromatic N) is 2. The van der Waals surface area contributed by atoms with Gasteiger partial charge in [0.15, 0.2) is 0 Å². The molecule has 0 unspecified atom stereocenters. The molecule has 230 valence electrons. The van der Waals surface area contributed by atoms with Crippen LogP contribution in [0.15, 0.2) is 101 Å². The van der Waals surface area contributed by atoms with Crippen LogP contribution in [-0.4, -0.2) is 46.2 Å². The van der Waals surface area contributed by atoms with Crippen molar-refractivity contribution in [2.75, 3.05) is 24.7 Å². The molecule has 0 heterocycles. The molecular formula is C35H38N2O6S. The van der Waals surface area contributed by atoms with Gasteiger partial charge in [-0.05, 0) is 93.6 Å². The fourth-order valence-corrected chi connectivity index (χ4v) is 5.73. The Morgan fingerprint density at radius 3 is 2.07 bits per heavy atom. The molecule has 3 aromatic carbocycles. The number of aryl methyl sites for hydroxylation is 2. The molecular weight excluding hydrogens is 576 g/mol. The molecule has 0 spiro atoms. The van der Waals surface area contributed by atoms with E-state index in [2.05, 4.69) is 25.3 Å². The Bertz CT molecular complexity index is 1600. The summed E-state index contributed by atoms with van der Waals surface area (Å²) in [6.07, 6.45) is 5.19. The van der Waals surface area contributed by atoms with Crippen LogP contribution in [0.3, 0.4) is 0 Å². The maximum absolute atomic E-state index is 12.9. The highest BCUT2D eigenvalue weighted by molar-refractivity contribution is 7.91. The predicted molar refractivity (Wildman–Crippen MR) is 171 cm³/mol. The van der Waals surface area contributed by atoms with Crippen molar-refractivity contribution in [1.82, 2.24) is 0 Å². The molecule has 0 aliphatic heterocycles. The van der Waals surface area contributed by atoms with Crippen molar-refractivity contribution < 1.29 is 27.5 Å². The number of rotatable bonds is 15. The van der Waals surface area contributed by atoms with Gasteiger partial charge in [-0.15, -0.1) is 0 Å². The summed E-state index contributed by atoms with van der Waals surface area (Å²) >= 11 is 0. The molecule has 0 radical (unpaired) electrons. The van der Waals surface area contributed by atoms with Gasteiger partial charge in [0.25, 0.3) is 0 Å². The summed E-state index contributed by atoms with van der Waals surface area (Å²) in [7, 11) is -3.54. The maximum Gasteiger partial charge on any atom is 0.349 e. The molecule has 0 aliphatic carbocycles. The summed E-state index contributed by atoms with van der Waals surface area (Å²) in [5.41, 5.74) is 3.64. The third-order valence-corrected chi connectivity index (χ3v) is 8.69. The minimum atomic E-state index is -3.54. The zero-order valence-electron chi connectivity index (χ0n) is 25.4. The first-order chi connectivity index (χ1) is 21.0. The Morgan fingerprint density at radius 2 is 1.50 bits per heavy atom. The Kier molecular flexibility index (Phi) is 12.5. The van der Waals surface area contributed by atoms with E-state index < -0.39 is 21.8 Å². The van der Waals surface area contributed by atoms with Crippen molar-refractivity contribution in [3.05, 3.63) is 108 Å². The molecule has 44 heavy (non-hydrogen) atoms. The van der Waals surface area contributed by atoms with Crippen LogP contribution in [0.5, 0.6) is 0 Å². The van der Waals surface area contributed by atoms with Crippen LogP contribution in [0, 0.1) is 18.3 Å². The highest BCUT2D eigenvalue weighted by atomic mass is 32.2. The lowest BCUT2D eigenvalue weighted by molar-refractivity contribution is -0.146. The average molecular weight is 615 g/mol. The highest BCUT2D eigenvalue weighted by Gasteiger charge is 2.17. The fraction of sp³-hybridized carbons (Fsp3) is 0.286. The van der Waals surface area contributed by atoms with E-state index in [1.165, 1.54) is 6.08 Å². The number of nitriles is 1. The van der Waals surface area contributed by atoms with Gasteiger partial charge in [0, 0.05) is 24.4 Å². The maximum atomic E-state index is 12.9. The lowest BCUT2D eigenvalue weighted by Crippen LogP contribution is -2.31. The standard InChI is InChI=1S/C35H38N2O6S/c1-5-34(38)42-22-23-43-35(39)30(25-36)24-29-11-15-31(16-12-29)37(26(2)3)21-7-6-8-28-13-19-33(20-14-28)44(40,41)32-17-9-27(4)10-18-32/h5,9-20,24,26H,1,6-8,21-23H2,2-4H3. The Morgan fingerprint density at radius 1 is 0.909 bits per heavy atom. The Hall–Kier alpha value is -4.68. The van der Waals surface area contributed by atoms with Crippen LogP contribution >= 0.6 is 0 Å². The topological polar surface area (TPSA) is 114 Å².